The molecule has 68 valence electrons. The summed E-state index contributed by atoms with van der Waals surface area (Å²) in [5.74, 6) is 0. The van der Waals surface area contributed by atoms with Gasteiger partial charge in [-0.1, -0.05) is 11.3 Å². The van der Waals surface area contributed by atoms with Crippen molar-refractivity contribution in [2.24, 2.45) is 5.41 Å². The number of thiazole rings is 1. The molecule has 1 saturated carbocycles. The summed E-state index contributed by atoms with van der Waals surface area (Å²) in [5, 5.41) is 10.4. The summed E-state index contributed by atoms with van der Waals surface area (Å²) in [6.45, 7) is 0.725. The van der Waals surface area contributed by atoms with E-state index in [1.807, 2.05) is 6.20 Å². The highest BCUT2D eigenvalue weighted by Gasteiger charge is 2.42. The van der Waals surface area contributed by atoms with Crippen LogP contribution in [0.2, 0.25) is 0 Å². The lowest BCUT2D eigenvalue weighted by Crippen LogP contribution is -2.19. The van der Waals surface area contributed by atoms with E-state index >= 15 is 0 Å². The highest BCUT2D eigenvalue weighted by Crippen LogP contribution is 2.49. The van der Waals surface area contributed by atoms with Crippen LogP contribution >= 0.6 is 11.3 Å². The molecule has 0 radical (unpaired) electrons. The van der Waals surface area contributed by atoms with Crippen LogP contribution in [0.3, 0.4) is 0 Å². The molecule has 1 aliphatic rings. The Bertz CT molecular complexity index is 394. The van der Waals surface area contributed by atoms with Crippen molar-refractivity contribution in [3.05, 3.63) is 21.2 Å². The Hall–Kier alpha value is -1.08. The van der Waals surface area contributed by atoms with Crippen LogP contribution in [0.1, 0.15) is 19.3 Å². The van der Waals surface area contributed by atoms with Crippen LogP contribution in [0.4, 0.5) is 0 Å². The molecule has 0 atom stereocenters. The lowest BCUT2D eigenvalue weighted by Gasteiger charge is -2.09. The number of nitrogens with zero attached hydrogens (tertiary/aromatic N) is 2. The van der Waals surface area contributed by atoms with E-state index in [4.69, 9.17) is 5.26 Å². The third-order valence-corrected chi connectivity index (χ3v) is 3.26. The minimum absolute atomic E-state index is 0.0872. The molecule has 2 rings (SSSR count). The first-order valence-electron chi connectivity index (χ1n) is 4.27. The molecule has 1 aromatic rings. The summed E-state index contributed by atoms with van der Waals surface area (Å²) < 4.78 is 1.72. The lowest BCUT2D eigenvalue weighted by atomic mass is 10.0. The standard InChI is InChI=1S/C9H10N2OS/c10-4-3-9(1-2-9)7-11-5-6-13-8(11)12/h5-6H,1-3,7H2. The molecule has 13 heavy (non-hydrogen) atoms. The summed E-state index contributed by atoms with van der Waals surface area (Å²) in [4.78, 5) is 11.3. The van der Waals surface area contributed by atoms with Gasteiger partial charge in [-0.25, -0.2) is 0 Å². The molecular formula is C9H10N2OS. The van der Waals surface area contributed by atoms with Crippen molar-refractivity contribution in [1.29, 1.82) is 5.26 Å². The van der Waals surface area contributed by atoms with Gasteiger partial charge in [0.2, 0.25) is 0 Å². The van der Waals surface area contributed by atoms with E-state index < -0.39 is 0 Å². The van der Waals surface area contributed by atoms with E-state index in [1.54, 1.807) is 9.95 Å². The Morgan fingerprint density at radius 2 is 2.46 bits per heavy atom. The maximum Gasteiger partial charge on any atom is 0.307 e. The van der Waals surface area contributed by atoms with Crippen LogP contribution in [0, 0.1) is 16.7 Å². The first-order chi connectivity index (χ1) is 6.26. The number of aromatic nitrogens is 1. The fourth-order valence-corrected chi connectivity index (χ4v) is 2.09. The van der Waals surface area contributed by atoms with Crippen LogP contribution in [-0.2, 0) is 6.54 Å². The maximum absolute atomic E-state index is 11.2. The molecule has 0 amide bonds. The molecule has 1 heterocycles. The van der Waals surface area contributed by atoms with Gasteiger partial charge < -0.3 is 4.57 Å². The van der Waals surface area contributed by atoms with Crippen molar-refractivity contribution in [3.8, 4) is 6.07 Å². The Balaban J connectivity index is 2.11. The molecule has 1 aliphatic carbocycles. The smallest absolute Gasteiger partial charge is 0.305 e. The summed E-state index contributed by atoms with van der Waals surface area (Å²) in [5.41, 5.74) is 0.125. The second-order valence-electron chi connectivity index (χ2n) is 3.63. The minimum atomic E-state index is 0.0872. The second-order valence-corrected chi connectivity index (χ2v) is 4.49. The highest BCUT2D eigenvalue weighted by molar-refractivity contribution is 7.07. The van der Waals surface area contributed by atoms with Gasteiger partial charge in [0.1, 0.15) is 0 Å². The Kier molecular flexibility index (Phi) is 1.97. The molecular weight excluding hydrogens is 184 g/mol. The molecule has 4 heteroatoms. The van der Waals surface area contributed by atoms with Crippen LogP contribution in [0.5, 0.6) is 0 Å². The average molecular weight is 194 g/mol. The van der Waals surface area contributed by atoms with Gasteiger partial charge in [0.15, 0.2) is 0 Å². The maximum atomic E-state index is 11.2. The first kappa shape index (κ1) is 8.52. The summed E-state index contributed by atoms with van der Waals surface area (Å²) in [6.07, 6.45) is 4.56. The van der Waals surface area contributed by atoms with Crippen molar-refractivity contribution in [1.82, 2.24) is 4.57 Å². The van der Waals surface area contributed by atoms with Gasteiger partial charge in [0.05, 0.1) is 6.07 Å². The number of rotatable bonds is 3. The average Bonchev–Trinajstić information content (AvgIpc) is 2.73. The van der Waals surface area contributed by atoms with Crippen molar-refractivity contribution >= 4 is 11.3 Å². The van der Waals surface area contributed by atoms with Crippen molar-refractivity contribution in [2.45, 2.75) is 25.8 Å². The zero-order valence-corrected chi connectivity index (χ0v) is 8.01. The van der Waals surface area contributed by atoms with Gasteiger partial charge >= 0.3 is 4.87 Å². The molecule has 0 N–H and O–H groups in total. The van der Waals surface area contributed by atoms with E-state index in [0.29, 0.717) is 6.42 Å². The van der Waals surface area contributed by atoms with E-state index in [1.165, 1.54) is 11.3 Å². The lowest BCUT2D eigenvalue weighted by molar-refractivity contribution is 0.428. The van der Waals surface area contributed by atoms with Crippen molar-refractivity contribution in [3.63, 3.8) is 0 Å². The summed E-state index contributed by atoms with van der Waals surface area (Å²) in [6, 6.07) is 2.19. The zero-order chi connectivity index (χ0) is 9.31. The molecule has 0 unspecified atom stereocenters. The third-order valence-electron chi connectivity index (χ3n) is 2.56. The Morgan fingerprint density at radius 1 is 1.69 bits per heavy atom. The van der Waals surface area contributed by atoms with E-state index in [9.17, 15) is 4.79 Å². The van der Waals surface area contributed by atoms with E-state index in [2.05, 4.69) is 6.07 Å². The van der Waals surface area contributed by atoms with Crippen molar-refractivity contribution < 1.29 is 0 Å². The SMILES string of the molecule is N#CCC1(Cn2ccsc2=O)CC1. The predicted octanol–water partition coefficient (Wildman–Crippen LogP) is 1.60. The zero-order valence-electron chi connectivity index (χ0n) is 7.19. The van der Waals surface area contributed by atoms with Gasteiger partial charge in [-0.05, 0) is 12.8 Å². The summed E-state index contributed by atoms with van der Waals surface area (Å²) >= 11 is 1.22. The molecule has 1 fully saturated rings. The normalized spacial score (nSPS) is 18.1. The highest BCUT2D eigenvalue weighted by atomic mass is 32.1. The molecule has 1 aromatic heterocycles. The first-order valence-corrected chi connectivity index (χ1v) is 5.15. The third kappa shape index (κ3) is 1.65. The second kappa shape index (κ2) is 3.00. The van der Waals surface area contributed by atoms with Gasteiger partial charge in [0, 0.05) is 30.0 Å². The monoisotopic (exact) mass is 194 g/mol. The minimum Gasteiger partial charge on any atom is -0.305 e. The van der Waals surface area contributed by atoms with Crippen molar-refractivity contribution in [2.75, 3.05) is 0 Å². The van der Waals surface area contributed by atoms with Gasteiger partial charge in [-0.3, -0.25) is 4.79 Å². The Morgan fingerprint density at radius 3 is 2.92 bits per heavy atom. The number of hydrogen-bond donors (Lipinski definition) is 0. The predicted molar refractivity (Wildman–Crippen MR) is 50.5 cm³/mol. The van der Waals surface area contributed by atoms with E-state index in [-0.39, 0.29) is 10.3 Å². The molecule has 0 spiro atoms. The van der Waals surface area contributed by atoms with Gasteiger partial charge in [-0.15, -0.1) is 0 Å². The number of hydrogen-bond acceptors (Lipinski definition) is 3. The van der Waals surface area contributed by atoms with E-state index in [0.717, 1.165) is 19.4 Å². The fraction of sp³-hybridized carbons (Fsp3) is 0.556. The molecule has 3 nitrogen and oxygen atoms in total. The molecule has 0 aromatic carbocycles. The number of nitriles is 1. The quantitative estimate of drug-likeness (QED) is 0.733. The van der Waals surface area contributed by atoms with Gasteiger partial charge in [0.25, 0.3) is 0 Å². The summed E-state index contributed by atoms with van der Waals surface area (Å²) in [7, 11) is 0. The Labute approximate surface area is 80.2 Å². The molecule has 0 aliphatic heterocycles. The van der Waals surface area contributed by atoms with Crippen LogP contribution in [0.25, 0.3) is 0 Å². The largest absolute Gasteiger partial charge is 0.307 e. The van der Waals surface area contributed by atoms with Crippen LogP contribution in [0.15, 0.2) is 16.4 Å². The van der Waals surface area contributed by atoms with Crippen LogP contribution < -0.4 is 4.87 Å². The molecule has 0 bridgehead atoms. The topological polar surface area (TPSA) is 45.8 Å². The molecule has 0 saturated heterocycles. The van der Waals surface area contributed by atoms with Crippen LogP contribution in [-0.4, -0.2) is 4.57 Å². The van der Waals surface area contributed by atoms with Gasteiger partial charge in [-0.2, -0.15) is 5.26 Å². The fourth-order valence-electron chi connectivity index (χ4n) is 1.50.